The molecule has 0 N–H and O–H groups in total. The Hall–Kier alpha value is -0.490. The maximum Gasteiger partial charge on any atom is 0.0223 e. The molecule has 0 heterocycles. The van der Waals surface area contributed by atoms with Crippen molar-refractivity contribution in [2.75, 3.05) is 5.88 Å². The first-order chi connectivity index (χ1) is 7.52. The van der Waals surface area contributed by atoms with E-state index in [2.05, 4.69) is 58.0 Å². The molecule has 0 radical (unpaired) electrons. The second-order valence-corrected chi connectivity index (χ2v) is 5.39. The lowest BCUT2D eigenvalue weighted by atomic mass is 9.87. The third kappa shape index (κ3) is 7.76. The summed E-state index contributed by atoms with van der Waals surface area (Å²) in [4.78, 5) is 0. The molecule has 1 heteroatoms. The van der Waals surface area contributed by atoms with Gasteiger partial charge in [0.25, 0.3) is 0 Å². The van der Waals surface area contributed by atoms with Gasteiger partial charge >= 0.3 is 0 Å². The quantitative estimate of drug-likeness (QED) is 0.490. The van der Waals surface area contributed by atoms with Crippen LogP contribution in [0.5, 0.6) is 0 Å². The van der Waals surface area contributed by atoms with E-state index in [-0.39, 0.29) is 0 Å². The van der Waals surface area contributed by atoms with Gasteiger partial charge < -0.3 is 0 Å². The molecule has 92 valence electrons. The van der Waals surface area contributed by atoms with Crippen molar-refractivity contribution in [1.29, 1.82) is 0 Å². The van der Waals surface area contributed by atoms with E-state index in [1.807, 2.05) is 0 Å². The number of alkyl halides is 1. The summed E-state index contributed by atoms with van der Waals surface area (Å²) < 4.78 is 0. The highest BCUT2D eigenvalue weighted by Crippen LogP contribution is 2.20. The summed E-state index contributed by atoms with van der Waals surface area (Å²) in [5.74, 6) is 0.827. The van der Waals surface area contributed by atoms with Crippen LogP contribution >= 0.6 is 11.6 Å². The van der Waals surface area contributed by atoms with Gasteiger partial charge in [0.15, 0.2) is 0 Å². The molecule has 0 aliphatic heterocycles. The van der Waals surface area contributed by atoms with Gasteiger partial charge in [-0.3, -0.25) is 0 Å². The van der Waals surface area contributed by atoms with E-state index >= 15 is 0 Å². The van der Waals surface area contributed by atoms with E-state index in [1.165, 1.54) is 24.8 Å². The van der Waals surface area contributed by atoms with Crippen molar-refractivity contribution in [3.05, 3.63) is 35.9 Å². The monoisotopic (exact) mass is 240 g/mol. The average molecular weight is 241 g/mol. The third-order valence-corrected chi connectivity index (χ3v) is 2.64. The SMILES string of the molecule is CC(C)(C)c1ccccc1.CCCCCCl. The van der Waals surface area contributed by atoms with Crippen molar-refractivity contribution in [3.8, 4) is 0 Å². The third-order valence-electron chi connectivity index (χ3n) is 2.38. The zero-order valence-corrected chi connectivity index (χ0v) is 11.8. The molecule has 0 aromatic heterocycles. The number of unbranched alkanes of at least 4 members (excludes halogenated alkanes) is 2. The van der Waals surface area contributed by atoms with Crippen molar-refractivity contribution >= 4 is 11.6 Å². The van der Waals surface area contributed by atoms with Crippen molar-refractivity contribution < 1.29 is 0 Å². The van der Waals surface area contributed by atoms with Crippen LogP contribution in [0.15, 0.2) is 30.3 Å². The minimum absolute atomic E-state index is 0.293. The molecular formula is C15H25Cl. The van der Waals surface area contributed by atoms with Crippen molar-refractivity contribution in [2.24, 2.45) is 0 Å². The second kappa shape index (κ2) is 8.64. The molecule has 0 atom stereocenters. The molecule has 0 unspecified atom stereocenters. The molecule has 1 rings (SSSR count). The topological polar surface area (TPSA) is 0 Å². The van der Waals surface area contributed by atoms with Crippen LogP contribution in [-0.2, 0) is 5.41 Å². The number of hydrogen-bond acceptors (Lipinski definition) is 0. The van der Waals surface area contributed by atoms with Crippen molar-refractivity contribution in [3.63, 3.8) is 0 Å². The fourth-order valence-corrected chi connectivity index (χ4v) is 1.47. The Balaban J connectivity index is 0.000000325. The van der Waals surface area contributed by atoms with Gasteiger partial charge in [0.2, 0.25) is 0 Å². The lowest BCUT2D eigenvalue weighted by Crippen LogP contribution is -2.10. The Morgan fingerprint density at radius 3 is 1.81 bits per heavy atom. The number of hydrogen-bond donors (Lipinski definition) is 0. The fraction of sp³-hybridized carbons (Fsp3) is 0.600. The van der Waals surface area contributed by atoms with Gasteiger partial charge in [0.05, 0.1) is 0 Å². The van der Waals surface area contributed by atoms with Gasteiger partial charge in [-0.05, 0) is 17.4 Å². The maximum absolute atomic E-state index is 5.38. The normalized spacial score (nSPS) is 10.6. The highest BCUT2D eigenvalue weighted by atomic mass is 35.5. The standard InChI is InChI=1S/C10H14.C5H11Cl/c1-10(2,3)9-7-5-4-6-8-9;1-2-3-4-5-6/h4-8H,1-3H3;2-5H2,1H3. The van der Waals surface area contributed by atoms with Gasteiger partial charge in [0.1, 0.15) is 0 Å². The zero-order chi connectivity index (χ0) is 12.4. The minimum atomic E-state index is 0.293. The first-order valence-electron chi connectivity index (χ1n) is 6.14. The number of halogens is 1. The molecule has 1 aromatic rings. The molecular weight excluding hydrogens is 216 g/mol. The van der Waals surface area contributed by atoms with E-state index in [0.29, 0.717) is 5.41 Å². The molecule has 16 heavy (non-hydrogen) atoms. The molecule has 0 bridgehead atoms. The molecule has 0 nitrogen and oxygen atoms in total. The number of benzene rings is 1. The van der Waals surface area contributed by atoms with Crippen LogP contribution < -0.4 is 0 Å². The first-order valence-corrected chi connectivity index (χ1v) is 6.67. The van der Waals surface area contributed by atoms with Crippen LogP contribution in [0.2, 0.25) is 0 Å². The molecule has 0 amide bonds. The highest BCUT2D eigenvalue weighted by molar-refractivity contribution is 6.17. The Labute approximate surface area is 106 Å². The lowest BCUT2D eigenvalue weighted by Gasteiger charge is -2.18. The summed E-state index contributed by atoms with van der Waals surface area (Å²) in [7, 11) is 0. The summed E-state index contributed by atoms with van der Waals surface area (Å²) in [5, 5.41) is 0. The van der Waals surface area contributed by atoms with E-state index in [0.717, 1.165) is 5.88 Å². The van der Waals surface area contributed by atoms with Crippen molar-refractivity contribution in [2.45, 2.75) is 52.4 Å². The van der Waals surface area contributed by atoms with Crippen LogP contribution in [0.25, 0.3) is 0 Å². The molecule has 0 saturated heterocycles. The van der Waals surface area contributed by atoms with E-state index in [4.69, 9.17) is 11.6 Å². The molecule has 0 fully saturated rings. The van der Waals surface area contributed by atoms with Gasteiger partial charge in [-0.25, -0.2) is 0 Å². The largest absolute Gasteiger partial charge is 0.127 e. The molecule has 0 saturated carbocycles. The van der Waals surface area contributed by atoms with Crippen LogP contribution in [0, 0.1) is 0 Å². The maximum atomic E-state index is 5.38. The predicted octanol–water partition coefficient (Wildman–Crippen LogP) is 5.40. The van der Waals surface area contributed by atoms with E-state index in [9.17, 15) is 0 Å². The molecule has 0 spiro atoms. The zero-order valence-electron chi connectivity index (χ0n) is 11.1. The summed E-state index contributed by atoms with van der Waals surface area (Å²) in [6.07, 6.45) is 3.73. The highest BCUT2D eigenvalue weighted by Gasteiger charge is 2.11. The van der Waals surface area contributed by atoms with Gasteiger partial charge in [-0.15, -0.1) is 11.6 Å². The van der Waals surface area contributed by atoms with Gasteiger partial charge in [-0.2, -0.15) is 0 Å². The first kappa shape index (κ1) is 15.5. The van der Waals surface area contributed by atoms with Crippen LogP contribution in [0.4, 0.5) is 0 Å². The Morgan fingerprint density at radius 2 is 1.56 bits per heavy atom. The lowest BCUT2D eigenvalue weighted by molar-refractivity contribution is 0.590. The van der Waals surface area contributed by atoms with Crippen LogP contribution in [0.1, 0.15) is 52.5 Å². The predicted molar refractivity (Wildman–Crippen MR) is 75.4 cm³/mol. The second-order valence-electron chi connectivity index (χ2n) is 5.01. The molecule has 1 aromatic carbocycles. The minimum Gasteiger partial charge on any atom is -0.127 e. The van der Waals surface area contributed by atoms with Crippen LogP contribution in [0.3, 0.4) is 0 Å². The fourth-order valence-electron chi connectivity index (χ4n) is 1.28. The van der Waals surface area contributed by atoms with Gasteiger partial charge in [0, 0.05) is 5.88 Å². The number of rotatable bonds is 3. The Morgan fingerprint density at radius 1 is 1.00 bits per heavy atom. The summed E-state index contributed by atoms with van der Waals surface area (Å²) in [6.45, 7) is 8.85. The molecule has 0 aliphatic rings. The van der Waals surface area contributed by atoms with E-state index in [1.54, 1.807) is 0 Å². The Bertz CT molecular complexity index is 242. The summed E-state index contributed by atoms with van der Waals surface area (Å²) >= 11 is 5.38. The van der Waals surface area contributed by atoms with Crippen molar-refractivity contribution in [1.82, 2.24) is 0 Å². The Kier molecular flexibility index (Phi) is 8.37. The van der Waals surface area contributed by atoms with Crippen LogP contribution in [-0.4, -0.2) is 5.88 Å². The average Bonchev–Trinajstić information content (AvgIpc) is 2.27. The molecule has 0 aliphatic carbocycles. The van der Waals surface area contributed by atoms with Gasteiger partial charge in [-0.1, -0.05) is 70.9 Å². The van der Waals surface area contributed by atoms with E-state index < -0.39 is 0 Å². The summed E-state index contributed by atoms with van der Waals surface area (Å²) in [5.41, 5.74) is 1.69. The summed E-state index contributed by atoms with van der Waals surface area (Å²) in [6, 6.07) is 10.6. The smallest absolute Gasteiger partial charge is 0.0223 e.